The van der Waals surface area contributed by atoms with Crippen LogP contribution in [0.3, 0.4) is 0 Å². The Kier molecular flexibility index (Phi) is 3.15. The molecule has 62 valence electrons. The standard InChI is InChI=1S/C11H12O/c1-3-4-5-10-6-8-11(12-2)9-7-10/h3-9H,1H2,2H3/b5-4+. The fourth-order valence-electron chi connectivity index (χ4n) is 0.894. The Morgan fingerprint density at radius 3 is 2.42 bits per heavy atom. The Labute approximate surface area is 73.0 Å². The predicted octanol–water partition coefficient (Wildman–Crippen LogP) is 2.89. The molecule has 1 aromatic carbocycles. The van der Waals surface area contributed by atoms with Gasteiger partial charge in [0.15, 0.2) is 0 Å². The molecule has 0 heterocycles. The van der Waals surface area contributed by atoms with Gasteiger partial charge in [0.1, 0.15) is 5.75 Å². The topological polar surface area (TPSA) is 9.23 Å². The van der Waals surface area contributed by atoms with Crippen LogP contribution >= 0.6 is 0 Å². The highest BCUT2D eigenvalue weighted by atomic mass is 16.5. The molecule has 1 aromatic rings. The van der Waals surface area contributed by atoms with Crippen molar-refractivity contribution in [1.29, 1.82) is 0 Å². The minimum atomic E-state index is 0.880. The summed E-state index contributed by atoms with van der Waals surface area (Å²) in [7, 11) is 1.66. The van der Waals surface area contributed by atoms with E-state index in [2.05, 4.69) is 6.58 Å². The zero-order valence-electron chi connectivity index (χ0n) is 7.16. The molecule has 12 heavy (non-hydrogen) atoms. The average Bonchev–Trinajstić information content (AvgIpc) is 2.15. The van der Waals surface area contributed by atoms with Crippen LogP contribution in [0.15, 0.2) is 43.0 Å². The Bertz CT molecular complexity index is 270. The van der Waals surface area contributed by atoms with Crippen molar-refractivity contribution in [2.24, 2.45) is 0 Å². The zero-order chi connectivity index (χ0) is 8.81. The predicted molar refractivity (Wildman–Crippen MR) is 52.2 cm³/mol. The van der Waals surface area contributed by atoms with Gasteiger partial charge in [-0.05, 0) is 17.7 Å². The van der Waals surface area contributed by atoms with Crippen LogP contribution in [0.1, 0.15) is 5.56 Å². The highest BCUT2D eigenvalue weighted by Crippen LogP contribution is 2.11. The van der Waals surface area contributed by atoms with Crippen molar-refractivity contribution in [2.75, 3.05) is 7.11 Å². The Balaban J connectivity index is 2.77. The van der Waals surface area contributed by atoms with Gasteiger partial charge >= 0.3 is 0 Å². The number of benzene rings is 1. The van der Waals surface area contributed by atoms with Gasteiger partial charge in [0.25, 0.3) is 0 Å². The summed E-state index contributed by atoms with van der Waals surface area (Å²) in [6, 6.07) is 7.86. The van der Waals surface area contributed by atoms with Crippen LogP contribution in [0.5, 0.6) is 5.75 Å². The highest BCUT2D eigenvalue weighted by molar-refractivity contribution is 5.51. The molecule has 0 aliphatic heterocycles. The second-order valence-corrected chi connectivity index (χ2v) is 2.37. The number of hydrogen-bond acceptors (Lipinski definition) is 1. The van der Waals surface area contributed by atoms with Gasteiger partial charge in [-0.3, -0.25) is 0 Å². The third kappa shape index (κ3) is 2.27. The van der Waals surface area contributed by atoms with Gasteiger partial charge in [0.05, 0.1) is 7.11 Å². The first-order chi connectivity index (χ1) is 5.86. The first-order valence-corrected chi connectivity index (χ1v) is 3.80. The quantitative estimate of drug-likeness (QED) is 0.618. The summed E-state index contributed by atoms with van der Waals surface area (Å²) in [5.41, 5.74) is 1.15. The van der Waals surface area contributed by atoms with Crippen molar-refractivity contribution in [3.05, 3.63) is 48.6 Å². The molecule has 0 unspecified atom stereocenters. The molecule has 0 saturated carbocycles. The van der Waals surface area contributed by atoms with E-state index in [0.717, 1.165) is 11.3 Å². The third-order valence-electron chi connectivity index (χ3n) is 1.54. The lowest BCUT2D eigenvalue weighted by Gasteiger charge is -1.98. The maximum Gasteiger partial charge on any atom is 0.118 e. The lowest BCUT2D eigenvalue weighted by atomic mass is 10.2. The van der Waals surface area contributed by atoms with Crippen LogP contribution in [-0.2, 0) is 0 Å². The smallest absolute Gasteiger partial charge is 0.118 e. The van der Waals surface area contributed by atoms with Crippen LogP contribution in [0.2, 0.25) is 0 Å². The van der Waals surface area contributed by atoms with Crippen LogP contribution in [0, 0.1) is 0 Å². The fourth-order valence-corrected chi connectivity index (χ4v) is 0.894. The minimum Gasteiger partial charge on any atom is -0.497 e. The normalized spacial score (nSPS) is 10.1. The maximum absolute atomic E-state index is 5.03. The van der Waals surface area contributed by atoms with E-state index < -0.39 is 0 Å². The molecule has 0 spiro atoms. The van der Waals surface area contributed by atoms with E-state index in [4.69, 9.17) is 4.74 Å². The Morgan fingerprint density at radius 1 is 1.25 bits per heavy atom. The average molecular weight is 160 g/mol. The summed E-state index contributed by atoms with van der Waals surface area (Å²) >= 11 is 0. The molecule has 0 aromatic heterocycles. The molecule has 0 aliphatic rings. The van der Waals surface area contributed by atoms with Gasteiger partial charge in [0.2, 0.25) is 0 Å². The Morgan fingerprint density at radius 2 is 1.92 bits per heavy atom. The molecule has 1 heteroatoms. The van der Waals surface area contributed by atoms with Gasteiger partial charge < -0.3 is 4.74 Å². The molecule has 1 nitrogen and oxygen atoms in total. The molecule has 0 aliphatic carbocycles. The van der Waals surface area contributed by atoms with Gasteiger partial charge in [-0.2, -0.15) is 0 Å². The van der Waals surface area contributed by atoms with Crippen molar-refractivity contribution in [1.82, 2.24) is 0 Å². The van der Waals surface area contributed by atoms with Crippen molar-refractivity contribution < 1.29 is 4.74 Å². The van der Waals surface area contributed by atoms with E-state index in [1.54, 1.807) is 13.2 Å². The summed E-state index contributed by atoms with van der Waals surface area (Å²) in [5.74, 6) is 0.880. The third-order valence-corrected chi connectivity index (χ3v) is 1.54. The summed E-state index contributed by atoms with van der Waals surface area (Å²) in [6.07, 6.45) is 5.65. The van der Waals surface area contributed by atoms with Crippen molar-refractivity contribution >= 4 is 6.08 Å². The van der Waals surface area contributed by atoms with E-state index in [1.165, 1.54) is 0 Å². The summed E-state index contributed by atoms with van der Waals surface area (Å²) in [6.45, 7) is 3.60. The molecule has 0 radical (unpaired) electrons. The van der Waals surface area contributed by atoms with Crippen molar-refractivity contribution in [3.63, 3.8) is 0 Å². The molecular weight excluding hydrogens is 148 g/mol. The Hall–Kier alpha value is -1.50. The van der Waals surface area contributed by atoms with E-state index in [9.17, 15) is 0 Å². The lowest BCUT2D eigenvalue weighted by molar-refractivity contribution is 0.415. The number of hydrogen-bond donors (Lipinski definition) is 0. The second kappa shape index (κ2) is 4.39. The molecule has 0 bridgehead atoms. The molecular formula is C11H12O. The van der Waals surface area contributed by atoms with Gasteiger partial charge in [-0.25, -0.2) is 0 Å². The first-order valence-electron chi connectivity index (χ1n) is 3.80. The monoisotopic (exact) mass is 160 g/mol. The van der Waals surface area contributed by atoms with Gasteiger partial charge in [-0.1, -0.05) is 36.9 Å². The summed E-state index contributed by atoms with van der Waals surface area (Å²) in [4.78, 5) is 0. The van der Waals surface area contributed by atoms with Crippen molar-refractivity contribution in [3.8, 4) is 5.75 Å². The number of rotatable bonds is 3. The SMILES string of the molecule is C=C/C=C/c1ccc(OC)cc1. The summed E-state index contributed by atoms with van der Waals surface area (Å²) in [5, 5.41) is 0. The molecule has 0 fully saturated rings. The zero-order valence-corrected chi connectivity index (χ0v) is 7.16. The molecule has 0 saturated heterocycles. The molecule has 0 atom stereocenters. The number of allylic oxidation sites excluding steroid dienone is 2. The minimum absolute atomic E-state index is 0.880. The fraction of sp³-hybridized carbons (Fsp3) is 0.0909. The maximum atomic E-state index is 5.03. The van der Waals surface area contributed by atoms with E-state index in [-0.39, 0.29) is 0 Å². The first kappa shape index (κ1) is 8.60. The molecule has 0 amide bonds. The van der Waals surface area contributed by atoms with E-state index in [1.807, 2.05) is 36.4 Å². The van der Waals surface area contributed by atoms with E-state index >= 15 is 0 Å². The van der Waals surface area contributed by atoms with E-state index in [0.29, 0.717) is 0 Å². The second-order valence-electron chi connectivity index (χ2n) is 2.37. The van der Waals surface area contributed by atoms with Crippen LogP contribution < -0.4 is 4.74 Å². The van der Waals surface area contributed by atoms with Crippen LogP contribution in [0.25, 0.3) is 6.08 Å². The lowest BCUT2D eigenvalue weighted by Crippen LogP contribution is -1.80. The molecule has 1 rings (SSSR count). The number of methoxy groups -OCH3 is 1. The van der Waals surface area contributed by atoms with Gasteiger partial charge in [-0.15, -0.1) is 0 Å². The van der Waals surface area contributed by atoms with Crippen LogP contribution in [-0.4, -0.2) is 7.11 Å². The summed E-state index contributed by atoms with van der Waals surface area (Å²) < 4.78 is 5.03. The van der Waals surface area contributed by atoms with Gasteiger partial charge in [0, 0.05) is 0 Å². The molecule has 0 N–H and O–H groups in total. The largest absolute Gasteiger partial charge is 0.497 e. The van der Waals surface area contributed by atoms with Crippen LogP contribution in [0.4, 0.5) is 0 Å². The number of ether oxygens (including phenoxy) is 1. The van der Waals surface area contributed by atoms with Crippen molar-refractivity contribution in [2.45, 2.75) is 0 Å². The highest BCUT2D eigenvalue weighted by Gasteiger charge is 1.88.